The van der Waals surface area contributed by atoms with E-state index >= 15 is 0 Å². The van der Waals surface area contributed by atoms with Crippen molar-refractivity contribution in [3.05, 3.63) is 0 Å². The number of hydrogen-bond donors (Lipinski definition) is 1. The van der Waals surface area contributed by atoms with Crippen LogP contribution in [0.2, 0.25) is 0 Å². The van der Waals surface area contributed by atoms with Crippen LogP contribution in [0.4, 0.5) is 0 Å². The first-order valence-electron chi connectivity index (χ1n) is 3.92. The third-order valence-corrected chi connectivity index (χ3v) is 1.61. The van der Waals surface area contributed by atoms with Crippen molar-refractivity contribution in [1.29, 1.82) is 0 Å². The smallest absolute Gasteiger partial charge is 0.0456 e. The molecule has 0 saturated heterocycles. The molecule has 66 valence electrons. The second-order valence-corrected chi connectivity index (χ2v) is 2.78. The van der Waals surface area contributed by atoms with Gasteiger partial charge in [-0.2, -0.15) is 0 Å². The van der Waals surface area contributed by atoms with Crippen molar-refractivity contribution in [3.8, 4) is 0 Å². The van der Waals surface area contributed by atoms with Crippen molar-refractivity contribution >= 4 is 0 Å². The molecule has 1 unspecified atom stereocenters. The molecule has 0 aliphatic carbocycles. The predicted octanol–water partition coefficient (Wildman–Crippen LogP) is 2.19. The fourth-order valence-corrected chi connectivity index (χ4v) is 0.834. The van der Waals surface area contributed by atoms with Crippen LogP contribution in [0.3, 0.4) is 0 Å². The van der Waals surface area contributed by atoms with Crippen LogP contribution >= 0.6 is 0 Å². The van der Waals surface area contributed by atoms with Crippen molar-refractivity contribution in [1.82, 2.24) is 0 Å². The average Bonchev–Trinajstić information content (AvgIpc) is 1.89. The Morgan fingerprint density at radius 3 is 2.30 bits per heavy atom. The number of aliphatic hydroxyl groups is 1. The molecule has 0 amide bonds. The van der Waals surface area contributed by atoms with Crippen LogP contribution in [0.1, 0.15) is 39.5 Å². The number of hydrogen-bond acceptors (Lipinski definition) is 1. The molecule has 0 aliphatic rings. The second kappa shape index (κ2) is 9.62. The Morgan fingerprint density at radius 2 is 1.90 bits per heavy atom. The Morgan fingerprint density at radius 1 is 1.30 bits per heavy atom. The van der Waals surface area contributed by atoms with Gasteiger partial charge in [0.2, 0.25) is 0 Å². The summed E-state index contributed by atoms with van der Waals surface area (Å²) >= 11 is 0. The van der Waals surface area contributed by atoms with Gasteiger partial charge in [-0.1, -0.05) is 33.1 Å². The van der Waals surface area contributed by atoms with Crippen LogP contribution in [0.25, 0.3) is 0 Å². The SMILES string of the molecule is CCCCCC(C)CO.[Pd]. The second-order valence-electron chi connectivity index (χ2n) is 2.78. The number of unbranched alkanes of at least 4 members (excludes halogenated alkanes) is 2. The topological polar surface area (TPSA) is 20.2 Å². The first-order valence-corrected chi connectivity index (χ1v) is 3.92. The molecule has 0 bridgehead atoms. The van der Waals surface area contributed by atoms with Crippen molar-refractivity contribution in [2.45, 2.75) is 39.5 Å². The van der Waals surface area contributed by atoms with Crippen molar-refractivity contribution in [3.63, 3.8) is 0 Å². The van der Waals surface area contributed by atoms with Gasteiger partial charge < -0.3 is 5.11 Å². The van der Waals surface area contributed by atoms with Crippen molar-refractivity contribution < 1.29 is 25.5 Å². The molecule has 1 nitrogen and oxygen atoms in total. The van der Waals surface area contributed by atoms with Gasteiger partial charge in [0.15, 0.2) is 0 Å². The van der Waals surface area contributed by atoms with Crippen LogP contribution in [0.15, 0.2) is 0 Å². The summed E-state index contributed by atoms with van der Waals surface area (Å²) < 4.78 is 0. The predicted molar refractivity (Wildman–Crippen MR) is 40.4 cm³/mol. The van der Waals surface area contributed by atoms with E-state index < -0.39 is 0 Å². The largest absolute Gasteiger partial charge is 0.396 e. The summed E-state index contributed by atoms with van der Waals surface area (Å²) in [4.78, 5) is 0. The van der Waals surface area contributed by atoms with Gasteiger partial charge in [-0.05, 0) is 12.3 Å². The Hall–Kier alpha value is 0.622. The molecule has 0 aromatic carbocycles. The van der Waals surface area contributed by atoms with E-state index in [4.69, 9.17) is 5.11 Å². The van der Waals surface area contributed by atoms with E-state index in [1.165, 1.54) is 25.7 Å². The minimum atomic E-state index is 0. The number of rotatable bonds is 5. The monoisotopic (exact) mass is 236 g/mol. The summed E-state index contributed by atoms with van der Waals surface area (Å²) in [5.41, 5.74) is 0. The van der Waals surface area contributed by atoms with E-state index in [1.54, 1.807) is 0 Å². The molecule has 0 rings (SSSR count). The van der Waals surface area contributed by atoms with Crippen LogP contribution in [-0.4, -0.2) is 11.7 Å². The molecule has 0 saturated carbocycles. The standard InChI is InChI=1S/C8H18O.Pd/c1-3-4-5-6-8(2)7-9;/h8-9H,3-7H2,1-2H3;. The zero-order valence-electron chi connectivity index (χ0n) is 6.88. The molecule has 10 heavy (non-hydrogen) atoms. The molecule has 2 heteroatoms. The Kier molecular flexibility index (Phi) is 12.7. The summed E-state index contributed by atoms with van der Waals surface area (Å²) in [6.45, 7) is 4.64. The Bertz CT molecular complexity index is 57.2. The molecule has 0 fully saturated rings. The van der Waals surface area contributed by atoms with E-state index in [0.29, 0.717) is 12.5 Å². The Balaban J connectivity index is 0. The van der Waals surface area contributed by atoms with E-state index in [-0.39, 0.29) is 20.4 Å². The van der Waals surface area contributed by atoms with E-state index in [9.17, 15) is 0 Å². The maximum absolute atomic E-state index is 8.63. The summed E-state index contributed by atoms with van der Waals surface area (Å²) in [5, 5.41) is 8.63. The van der Waals surface area contributed by atoms with Crippen LogP contribution in [0, 0.1) is 5.92 Å². The van der Waals surface area contributed by atoms with Gasteiger partial charge in [-0.3, -0.25) is 0 Å². The molecule has 0 heterocycles. The minimum Gasteiger partial charge on any atom is -0.396 e. The molecule has 0 radical (unpaired) electrons. The van der Waals surface area contributed by atoms with Crippen LogP contribution in [-0.2, 0) is 20.4 Å². The average molecular weight is 237 g/mol. The third-order valence-electron chi connectivity index (χ3n) is 1.61. The molecule has 0 aliphatic heterocycles. The van der Waals surface area contributed by atoms with Gasteiger partial charge in [0.25, 0.3) is 0 Å². The third kappa shape index (κ3) is 8.62. The molecular formula is C8H18OPd. The van der Waals surface area contributed by atoms with Gasteiger partial charge in [0.1, 0.15) is 0 Å². The summed E-state index contributed by atoms with van der Waals surface area (Å²) in [5.74, 6) is 0.511. The molecule has 0 spiro atoms. The Labute approximate surface area is 77.9 Å². The molecule has 0 aromatic rings. The van der Waals surface area contributed by atoms with Crippen LogP contribution in [0.5, 0.6) is 0 Å². The van der Waals surface area contributed by atoms with Crippen LogP contribution < -0.4 is 0 Å². The van der Waals surface area contributed by atoms with E-state index in [2.05, 4.69) is 13.8 Å². The quantitative estimate of drug-likeness (QED) is 0.573. The first kappa shape index (κ1) is 13.2. The number of aliphatic hydroxyl groups excluding tert-OH is 1. The fourth-order valence-electron chi connectivity index (χ4n) is 0.834. The zero-order valence-corrected chi connectivity index (χ0v) is 8.43. The maximum Gasteiger partial charge on any atom is 0.0456 e. The fraction of sp³-hybridized carbons (Fsp3) is 1.00. The van der Waals surface area contributed by atoms with Gasteiger partial charge >= 0.3 is 0 Å². The van der Waals surface area contributed by atoms with E-state index in [0.717, 1.165) is 0 Å². The van der Waals surface area contributed by atoms with E-state index in [1.807, 2.05) is 0 Å². The van der Waals surface area contributed by atoms with Gasteiger partial charge in [-0.25, -0.2) is 0 Å². The summed E-state index contributed by atoms with van der Waals surface area (Å²) in [6.07, 6.45) is 5.05. The summed E-state index contributed by atoms with van der Waals surface area (Å²) in [6, 6.07) is 0. The van der Waals surface area contributed by atoms with Crippen molar-refractivity contribution in [2.24, 2.45) is 5.92 Å². The van der Waals surface area contributed by atoms with Gasteiger partial charge in [0, 0.05) is 27.0 Å². The molecule has 1 N–H and O–H groups in total. The normalized spacial score (nSPS) is 12.3. The maximum atomic E-state index is 8.63. The molecular weight excluding hydrogens is 219 g/mol. The zero-order chi connectivity index (χ0) is 7.11. The minimum absolute atomic E-state index is 0. The molecule has 1 atom stereocenters. The first-order chi connectivity index (χ1) is 4.31. The van der Waals surface area contributed by atoms with Gasteiger partial charge in [0.05, 0.1) is 0 Å². The van der Waals surface area contributed by atoms with Crippen molar-refractivity contribution in [2.75, 3.05) is 6.61 Å². The van der Waals surface area contributed by atoms with Gasteiger partial charge in [-0.15, -0.1) is 0 Å². The summed E-state index contributed by atoms with van der Waals surface area (Å²) in [7, 11) is 0. The molecule has 0 aromatic heterocycles.